The number of quaternary nitrogens is 1. The van der Waals surface area contributed by atoms with Crippen molar-refractivity contribution in [1.82, 2.24) is 0 Å². The highest BCUT2D eigenvalue weighted by molar-refractivity contribution is 4.71. The molecule has 236 valence electrons. The second-order valence-electron chi connectivity index (χ2n) is 11.1. The summed E-state index contributed by atoms with van der Waals surface area (Å²) in [6.07, 6.45) is 22.4. The maximum absolute atomic E-state index is 11.5. The first-order valence-corrected chi connectivity index (χ1v) is 16.3. The van der Waals surface area contributed by atoms with Gasteiger partial charge in [0, 0.05) is 6.61 Å². The molecular formula is C31H66N2O6. The molecule has 0 saturated carbocycles. The third kappa shape index (κ3) is 28.7. The number of hydroxylamine groups is 3. The number of nitrogens with zero attached hydrogens (tertiary/aromatic N) is 2. The summed E-state index contributed by atoms with van der Waals surface area (Å²) in [6.45, 7) is 7.68. The van der Waals surface area contributed by atoms with Crippen LogP contribution in [0.1, 0.15) is 143 Å². The van der Waals surface area contributed by atoms with Gasteiger partial charge in [-0.25, -0.2) is 0 Å². The highest BCUT2D eigenvalue weighted by Crippen LogP contribution is 2.15. The fourth-order valence-corrected chi connectivity index (χ4v) is 4.81. The maximum Gasteiger partial charge on any atom is 0.110 e. The molecular weight excluding hydrogens is 496 g/mol. The first kappa shape index (κ1) is 40.5. The van der Waals surface area contributed by atoms with Gasteiger partial charge >= 0.3 is 0 Å². The van der Waals surface area contributed by atoms with E-state index in [-0.39, 0.29) is 39.0 Å². The minimum absolute atomic E-state index is 0.0564. The van der Waals surface area contributed by atoms with E-state index >= 15 is 0 Å². The van der Waals surface area contributed by atoms with E-state index in [0.717, 1.165) is 25.7 Å². The van der Waals surface area contributed by atoms with E-state index in [4.69, 9.17) is 14.9 Å². The second kappa shape index (κ2) is 31.9. The number of nitroso groups, excluding NO2 is 1. The lowest BCUT2D eigenvalue weighted by Gasteiger charge is -2.41. The highest BCUT2D eigenvalue weighted by atomic mass is 16.5. The van der Waals surface area contributed by atoms with E-state index in [9.17, 15) is 15.2 Å². The zero-order chi connectivity index (χ0) is 29.5. The van der Waals surface area contributed by atoms with Gasteiger partial charge in [-0.05, 0) is 19.3 Å². The van der Waals surface area contributed by atoms with Crippen molar-refractivity contribution in [3.63, 3.8) is 0 Å². The molecule has 0 aliphatic carbocycles. The Morgan fingerprint density at radius 2 is 1.10 bits per heavy atom. The van der Waals surface area contributed by atoms with Crippen LogP contribution in [0.3, 0.4) is 0 Å². The Kier molecular flexibility index (Phi) is 33.1. The number of ether oxygens (including phenoxy) is 1. The molecule has 8 heteroatoms. The molecule has 8 nitrogen and oxygen atoms in total. The van der Waals surface area contributed by atoms with Gasteiger partial charge in [0.2, 0.25) is 0 Å². The van der Waals surface area contributed by atoms with Crippen LogP contribution in [0.25, 0.3) is 0 Å². The number of aliphatic hydroxyl groups excluding tert-OH is 3. The molecule has 0 saturated heterocycles. The van der Waals surface area contributed by atoms with Gasteiger partial charge in [0.25, 0.3) is 0 Å². The van der Waals surface area contributed by atoms with Gasteiger partial charge in [0.15, 0.2) is 0 Å². The third-order valence-electron chi connectivity index (χ3n) is 7.26. The van der Waals surface area contributed by atoms with Crippen LogP contribution in [-0.4, -0.2) is 78.2 Å². The van der Waals surface area contributed by atoms with Crippen molar-refractivity contribution in [3.05, 3.63) is 10.1 Å². The number of aliphatic hydroxyl groups is 3. The van der Waals surface area contributed by atoms with Gasteiger partial charge in [-0.2, -0.15) is 4.91 Å². The average molecular weight is 563 g/mol. The van der Waals surface area contributed by atoms with Crippen LogP contribution in [0.15, 0.2) is 5.18 Å². The Labute approximate surface area is 241 Å². The summed E-state index contributed by atoms with van der Waals surface area (Å²) in [7, 11) is 0. The molecule has 0 aromatic rings. The van der Waals surface area contributed by atoms with E-state index in [0.29, 0.717) is 13.2 Å². The Balaban J connectivity index is 0. The Hall–Kier alpha value is -0.640. The van der Waals surface area contributed by atoms with Crippen molar-refractivity contribution in [3.8, 4) is 0 Å². The molecule has 2 atom stereocenters. The van der Waals surface area contributed by atoms with Crippen molar-refractivity contribution in [1.29, 1.82) is 0 Å². The van der Waals surface area contributed by atoms with Crippen molar-refractivity contribution < 1.29 is 24.7 Å². The summed E-state index contributed by atoms with van der Waals surface area (Å²) in [5.74, 6) is 0. The first-order valence-electron chi connectivity index (χ1n) is 16.3. The number of unbranched alkanes of at least 4 members (excludes halogenated alkanes) is 15. The van der Waals surface area contributed by atoms with Crippen molar-refractivity contribution in [2.45, 2.75) is 155 Å². The predicted molar refractivity (Wildman–Crippen MR) is 164 cm³/mol. The molecule has 0 bridgehead atoms. The summed E-state index contributed by atoms with van der Waals surface area (Å²) in [4.78, 5) is 10.5. The molecule has 0 aliphatic rings. The number of hydrogen-bond donors (Lipinski definition) is 3. The lowest BCUT2D eigenvalue weighted by Crippen LogP contribution is -2.46. The number of rotatable bonds is 29. The molecule has 0 heterocycles. The Bertz CT molecular complexity index is 467. The molecule has 0 spiro atoms. The highest BCUT2D eigenvalue weighted by Gasteiger charge is 2.19. The third-order valence-corrected chi connectivity index (χ3v) is 7.26. The fourth-order valence-electron chi connectivity index (χ4n) is 4.81. The van der Waals surface area contributed by atoms with Crippen molar-refractivity contribution in [2.24, 2.45) is 5.18 Å². The van der Waals surface area contributed by atoms with Crippen LogP contribution >= 0.6 is 0 Å². The van der Waals surface area contributed by atoms with E-state index in [2.05, 4.69) is 19.0 Å². The molecule has 0 aromatic carbocycles. The SMILES string of the molecule is CCCCCCCCCCCCOC(CCCCCCCCC)C(O)CN=O.CCC[N+]([O-])(CCO)CCO. The van der Waals surface area contributed by atoms with Crippen LogP contribution in [0.4, 0.5) is 0 Å². The second-order valence-corrected chi connectivity index (χ2v) is 11.1. The Morgan fingerprint density at radius 1 is 0.667 bits per heavy atom. The predicted octanol–water partition coefficient (Wildman–Crippen LogP) is 7.26. The quantitative estimate of drug-likeness (QED) is 0.0382. The van der Waals surface area contributed by atoms with Gasteiger partial charge in [0.05, 0.1) is 25.9 Å². The normalized spacial score (nSPS) is 13.1. The molecule has 0 aliphatic heterocycles. The van der Waals surface area contributed by atoms with E-state index in [1.165, 1.54) is 96.3 Å². The molecule has 2 unspecified atom stereocenters. The van der Waals surface area contributed by atoms with Crippen LogP contribution in [0, 0.1) is 10.1 Å². The monoisotopic (exact) mass is 562 g/mol. The molecule has 0 fully saturated rings. The first-order chi connectivity index (χ1) is 18.9. The van der Waals surface area contributed by atoms with Crippen molar-refractivity contribution >= 4 is 0 Å². The summed E-state index contributed by atoms with van der Waals surface area (Å²) >= 11 is 0. The zero-order valence-corrected chi connectivity index (χ0v) is 26.0. The lowest BCUT2D eigenvalue weighted by molar-refractivity contribution is -0.881. The standard InChI is InChI=1S/C24H49NO3.C7H17NO3/c1-3-5-7-9-11-12-13-15-17-19-21-28-24(23(26)22-25-27)20-18-16-14-10-8-6-4-2;1-2-3-8(11,4-6-9)5-7-10/h23-24,26H,3-22H2,1-2H3;9-10H,2-7H2,1H3. The summed E-state index contributed by atoms with van der Waals surface area (Å²) in [5.41, 5.74) is 0. The largest absolute Gasteiger partial charge is 0.633 e. The van der Waals surface area contributed by atoms with E-state index in [1.54, 1.807) is 0 Å². The summed E-state index contributed by atoms with van der Waals surface area (Å²) < 4.78 is 5.46. The summed E-state index contributed by atoms with van der Waals surface area (Å²) in [5, 5.41) is 41.6. The van der Waals surface area contributed by atoms with Crippen LogP contribution in [0.2, 0.25) is 0 Å². The molecule has 0 aromatic heterocycles. The van der Waals surface area contributed by atoms with Crippen LogP contribution in [0.5, 0.6) is 0 Å². The van der Waals surface area contributed by atoms with Crippen LogP contribution in [-0.2, 0) is 4.74 Å². The van der Waals surface area contributed by atoms with Gasteiger partial charge in [-0.1, -0.05) is 129 Å². The lowest BCUT2D eigenvalue weighted by atomic mass is 10.0. The van der Waals surface area contributed by atoms with Crippen LogP contribution < -0.4 is 0 Å². The average Bonchev–Trinajstić information content (AvgIpc) is 2.91. The molecule has 0 amide bonds. The van der Waals surface area contributed by atoms with Gasteiger partial charge in [-0.15, -0.1) is 0 Å². The molecule has 0 rings (SSSR count). The topological polar surface area (TPSA) is 122 Å². The van der Waals surface area contributed by atoms with Gasteiger partial charge < -0.3 is 29.9 Å². The zero-order valence-electron chi connectivity index (χ0n) is 26.0. The molecule has 39 heavy (non-hydrogen) atoms. The molecule has 0 radical (unpaired) electrons. The molecule has 3 N–H and O–H groups in total. The number of hydrogen-bond acceptors (Lipinski definition) is 7. The minimum Gasteiger partial charge on any atom is -0.633 e. The summed E-state index contributed by atoms with van der Waals surface area (Å²) in [6, 6.07) is 0. The minimum atomic E-state index is -0.749. The Morgan fingerprint density at radius 3 is 1.51 bits per heavy atom. The van der Waals surface area contributed by atoms with Crippen molar-refractivity contribution in [2.75, 3.05) is 46.0 Å². The van der Waals surface area contributed by atoms with E-state index in [1.807, 2.05) is 6.92 Å². The van der Waals surface area contributed by atoms with Gasteiger partial charge in [0.1, 0.15) is 25.7 Å². The van der Waals surface area contributed by atoms with E-state index < -0.39 is 10.8 Å². The maximum atomic E-state index is 11.5. The smallest absolute Gasteiger partial charge is 0.110 e. The fraction of sp³-hybridized carbons (Fsp3) is 1.00. The van der Waals surface area contributed by atoms with Gasteiger partial charge in [-0.3, -0.25) is 0 Å².